The van der Waals surface area contributed by atoms with Gasteiger partial charge in [-0.3, -0.25) is 4.90 Å². The number of likely N-dealkylation sites (tertiary alicyclic amines) is 1. The highest BCUT2D eigenvalue weighted by atomic mass is 16.5. The van der Waals surface area contributed by atoms with E-state index in [1.165, 1.54) is 32.2 Å². The Morgan fingerprint density at radius 3 is 2.33 bits per heavy atom. The van der Waals surface area contributed by atoms with Crippen LogP contribution in [0.15, 0.2) is 12.1 Å². The van der Waals surface area contributed by atoms with Gasteiger partial charge < -0.3 is 19.5 Å². The second-order valence-corrected chi connectivity index (χ2v) is 6.81. The third-order valence-electron chi connectivity index (χ3n) is 5.48. The highest BCUT2D eigenvalue weighted by Gasteiger charge is 2.28. The van der Waals surface area contributed by atoms with Crippen LogP contribution in [0.1, 0.15) is 31.2 Å². The van der Waals surface area contributed by atoms with Crippen molar-refractivity contribution in [3.05, 3.63) is 17.7 Å². The molecule has 1 atom stereocenters. The van der Waals surface area contributed by atoms with E-state index in [9.17, 15) is 0 Å². The van der Waals surface area contributed by atoms with E-state index in [1.807, 2.05) is 6.07 Å². The van der Waals surface area contributed by atoms with Crippen molar-refractivity contribution in [2.45, 2.75) is 38.3 Å². The smallest absolute Gasteiger partial charge is 0.203 e. The molecule has 1 unspecified atom stereocenters. The number of ether oxygens (including phenoxy) is 3. The summed E-state index contributed by atoms with van der Waals surface area (Å²) in [6, 6.07) is 4.80. The SMILES string of the molecule is COc1ccc(CN2CCC(C3CCCN3)CC2)c(OC)c1OC. The molecule has 2 saturated heterocycles. The summed E-state index contributed by atoms with van der Waals surface area (Å²) in [4.78, 5) is 2.52. The summed E-state index contributed by atoms with van der Waals surface area (Å²) >= 11 is 0. The largest absolute Gasteiger partial charge is 0.493 e. The number of piperidine rings is 1. The van der Waals surface area contributed by atoms with E-state index in [-0.39, 0.29) is 0 Å². The zero-order chi connectivity index (χ0) is 16.9. The number of benzene rings is 1. The molecule has 2 aliphatic heterocycles. The molecule has 0 bridgehead atoms. The van der Waals surface area contributed by atoms with Gasteiger partial charge in [-0.1, -0.05) is 6.07 Å². The second kappa shape index (κ2) is 8.08. The van der Waals surface area contributed by atoms with Crippen LogP contribution in [-0.4, -0.2) is 51.9 Å². The van der Waals surface area contributed by atoms with Crippen LogP contribution in [0.25, 0.3) is 0 Å². The van der Waals surface area contributed by atoms with Crippen molar-refractivity contribution in [2.24, 2.45) is 5.92 Å². The van der Waals surface area contributed by atoms with Gasteiger partial charge in [-0.15, -0.1) is 0 Å². The Labute approximate surface area is 145 Å². The Balaban J connectivity index is 1.64. The summed E-state index contributed by atoms with van der Waals surface area (Å²) in [5.41, 5.74) is 1.16. The number of nitrogens with zero attached hydrogens (tertiary/aromatic N) is 1. The number of rotatable bonds is 6. The summed E-state index contributed by atoms with van der Waals surface area (Å²) in [5, 5.41) is 3.67. The molecule has 134 valence electrons. The highest BCUT2D eigenvalue weighted by molar-refractivity contribution is 5.55. The standard InChI is InChI=1S/C19H30N2O3/c1-22-17-7-6-15(18(23-2)19(17)24-3)13-21-11-8-14(9-12-21)16-5-4-10-20-16/h6-7,14,16,20H,4-5,8-13H2,1-3H3. The molecule has 2 heterocycles. The molecule has 1 aromatic carbocycles. The molecule has 1 N–H and O–H groups in total. The average Bonchev–Trinajstić information content (AvgIpc) is 3.16. The molecule has 0 aromatic heterocycles. The van der Waals surface area contributed by atoms with Gasteiger partial charge in [0.05, 0.1) is 21.3 Å². The Hall–Kier alpha value is -1.46. The molecule has 5 nitrogen and oxygen atoms in total. The summed E-state index contributed by atoms with van der Waals surface area (Å²) in [6.07, 6.45) is 5.27. The summed E-state index contributed by atoms with van der Waals surface area (Å²) in [6.45, 7) is 4.41. The fraction of sp³-hybridized carbons (Fsp3) is 0.684. The van der Waals surface area contributed by atoms with Crippen LogP contribution in [0.5, 0.6) is 17.2 Å². The van der Waals surface area contributed by atoms with Crippen molar-refractivity contribution in [1.82, 2.24) is 10.2 Å². The van der Waals surface area contributed by atoms with Gasteiger partial charge in [0.1, 0.15) is 0 Å². The highest BCUT2D eigenvalue weighted by Crippen LogP contribution is 2.40. The van der Waals surface area contributed by atoms with Gasteiger partial charge in [0.15, 0.2) is 11.5 Å². The van der Waals surface area contributed by atoms with Crippen LogP contribution >= 0.6 is 0 Å². The minimum Gasteiger partial charge on any atom is -0.493 e. The topological polar surface area (TPSA) is 43.0 Å². The van der Waals surface area contributed by atoms with Gasteiger partial charge in [-0.05, 0) is 57.3 Å². The van der Waals surface area contributed by atoms with E-state index >= 15 is 0 Å². The van der Waals surface area contributed by atoms with Crippen molar-refractivity contribution in [1.29, 1.82) is 0 Å². The average molecular weight is 334 g/mol. The van der Waals surface area contributed by atoms with Gasteiger partial charge in [-0.2, -0.15) is 0 Å². The number of hydrogen-bond acceptors (Lipinski definition) is 5. The lowest BCUT2D eigenvalue weighted by Crippen LogP contribution is -2.40. The zero-order valence-electron chi connectivity index (χ0n) is 15.1. The minimum absolute atomic E-state index is 0.683. The van der Waals surface area contributed by atoms with E-state index in [0.29, 0.717) is 11.5 Å². The lowest BCUT2D eigenvalue weighted by atomic mass is 9.88. The molecular formula is C19H30N2O3. The van der Waals surface area contributed by atoms with Gasteiger partial charge in [0.25, 0.3) is 0 Å². The van der Waals surface area contributed by atoms with Crippen LogP contribution in [0.4, 0.5) is 0 Å². The molecule has 24 heavy (non-hydrogen) atoms. The summed E-state index contributed by atoms with van der Waals surface area (Å²) < 4.78 is 16.5. The first-order valence-electron chi connectivity index (χ1n) is 9.00. The van der Waals surface area contributed by atoms with Gasteiger partial charge in [0.2, 0.25) is 5.75 Å². The molecule has 5 heteroatoms. The van der Waals surface area contributed by atoms with Crippen LogP contribution < -0.4 is 19.5 Å². The van der Waals surface area contributed by atoms with Crippen LogP contribution in [-0.2, 0) is 6.54 Å². The fourth-order valence-electron chi connectivity index (χ4n) is 4.16. The molecule has 0 radical (unpaired) electrons. The van der Waals surface area contributed by atoms with Crippen molar-refractivity contribution in [2.75, 3.05) is 41.0 Å². The van der Waals surface area contributed by atoms with Crippen molar-refractivity contribution in [3.8, 4) is 17.2 Å². The Bertz CT molecular complexity index is 536. The molecule has 1 aromatic rings. The molecule has 0 amide bonds. The monoisotopic (exact) mass is 334 g/mol. The molecular weight excluding hydrogens is 304 g/mol. The van der Waals surface area contributed by atoms with Gasteiger partial charge in [-0.25, -0.2) is 0 Å². The van der Waals surface area contributed by atoms with Crippen molar-refractivity contribution >= 4 is 0 Å². The fourth-order valence-corrected chi connectivity index (χ4v) is 4.16. The zero-order valence-corrected chi connectivity index (χ0v) is 15.1. The van der Waals surface area contributed by atoms with Crippen molar-refractivity contribution in [3.63, 3.8) is 0 Å². The molecule has 2 aliphatic rings. The maximum Gasteiger partial charge on any atom is 0.203 e. The minimum atomic E-state index is 0.683. The molecule has 0 spiro atoms. The number of nitrogens with one attached hydrogen (secondary N) is 1. The van der Waals surface area contributed by atoms with Crippen molar-refractivity contribution < 1.29 is 14.2 Å². The normalized spacial score (nSPS) is 22.5. The summed E-state index contributed by atoms with van der Waals surface area (Å²) in [7, 11) is 5.00. The first-order valence-corrected chi connectivity index (χ1v) is 9.00. The van der Waals surface area contributed by atoms with E-state index in [4.69, 9.17) is 14.2 Å². The Morgan fingerprint density at radius 1 is 1.00 bits per heavy atom. The van der Waals surface area contributed by atoms with Gasteiger partial charge in [0, 0.05) is 18.2 Å². The predicted molar refractivity (Wildman–Crippen MR) is 95.1 cm³/mol. The molecule has 3 rings (SSSR count). The first kappa shape index (κ1) is 17.4. The summed E-state index contributed by atoms with van der Waals surface area (Å²) in [5.74, 6) is 3.03. The predicted octanol–water partition coefficient (Wildman–Crippen LogP) is 2.68. The maximum absolute atomic E-state index is 5.61. The maximum atomic E-state index is 5.61. The molecule has 2 fully saturated rings. The molecule has 0 aliphatic carbocycles. The first-order chi connectivity index (χ1) is 11.8. The molecule has 0 saturated carbocycles. The van der Waals surface area contributed by atoms with Crippen LogP contribution in [0, 0.1) is 5.92 Å². The Kier molecular flexibility index (Phi) is 5.85. The Morgan fingerprint density at radius 2 is 1.75 bits per heavy atom. The van der Waals surface area contributed by atoms with Gasteiger partial charge >= 0.3 is 0 Å². The second-order valence-electron chi connectivity index (χ2n) is 6.81. The lowest BCUT2D eigenvalue weighted by molar-refractivity contribution is 0.156. The van der Waals surface area contributed by atoms with Crippen LogP contribution in [0.2, 0.25) is 0 Å². The lowest BCUT2D eigenvalue weighted by Gasteiger charge is -2.35. The van der Waals surface area contributed by atoms with E-state index < -0.39 is 0 Å². The number of hydrogen-bond donors (Lipinski definition) is 1. The van der Waals surface area contributed by atoms with E-state index in [2.05, 4.69) is 16.3 Å². The quantitative estimate of drug-likeness (QED) is 0.866. The number of methoxy groups -OCH3 is 3. The van der Waals surface area contributed by atoms with E-state index in [0.717, 1.165) is 42.9 Å². The third-order valence-corrected chi connectivity index (χ3v) is 5.48. The van der Waals surface area contributed by atoms with E-state index in [1.54, 1.807) is 21.3 Å². The third kappa shape index (κ3) is 3.62. The van der Waals surface area contributed by atoms with Crippen LogP contribution in [0.3, 0.4) is 0 Å².